The molecule has 2 heterocycles. The Morgan fingerprint density at radius 1 is 1.19 bits per heavy atom. The second kappa shape index (κ2) is 4.67. The van der Waals surface area contributed by atoms with Gasteiger partial charge in [0, 0.05) is 15.3 Å². The van der Waals surface area contributed by atoms with E-state index in [0.29, 0.717) is 8.67 Å². The smallest absolute Gasteiger partial charge is 0.0995 e. The van der Waals surface area contributed by atoms with Crippen LogP contribution in [0.4, 0.5) is 0 Å². The Hall–Kier alpha value is -0.0600. The van der Waals surface area contributed by atoms with Gasteiger partial charge in [-0.1, -0.05) is 23.2 Å². The number of halogens is 2. The fourth-order valence-electron chi connectivity index (χ4n) is 1.47. The average Bonchev–Trinajstić information content (AvgIpc) is 2.70. The first-order chi connectivity index (χ1) is 7.49. The summed E-state index contributed by atoms with van der Waals surface area (Å²) in [5, 5.41) is 0. The van der Waals surface area contributed by atoms with E-state index in [4.69, 9.17) is 28.9 Å². The van der Waals surface area contributed by atoms with Gasteiger partial charge in [0.15, 0.2) is 0 Å². The Morgan fingerprint density at radius 3 is 2.31 bits per heavy atom. The van der Waals surface area contributed by atoms with E-state index >= 15 is 0 Å². The Balaban J connectivity index is 2.38. The van der Waals surface area contributed by atoms with Crippen LogP contribution < -0.4 is 5.73 Å². The summed E-state index contributed by atoms with van der Waals surface area (Å²) >= 11 is 15.1. The van der Waals surface area contributed by atoms with Crippen LogP contribution in [0.5, 0.6) is 0 Å². The van der Waals surface area contributed by atoms with Gasteiger partial charge in [-0.25, -0.2) is 0 Å². The van der Waals surface area contributed by atoms with Crippen LogP contribution in [0.1, 0.15) is 26.9 Å². The topological polar surface area (TPSA) is 26.0 Å². The number of hydrogen-bond acceptors (Lipinski definition) is 3. The van der Waals surface area contributed by atoms with Crippen LogP contribution in [0, 0.1) is 13.8 Å². The van der Waals surface area contributed by atoms with Crippen molar-refractivity contribution in [3.05, 3.63) is 41.7 Å². The molecule has 5 heteroatoms. The summed E-state index contributed by atoms with van der Waals surface area (Å²) in [4.78, 5) is 2.43. The van der Waals surface area contributed by atoms with Crippen molar-refractivity contribution < 1.29 is 0 Å². The molecule has 2 rings (SSSR count). The van der Waals surface area contributed by atoms with Crippen molar-refractivity contribution in [2.24, 2.45) is 5.73 Å². The predicted octanol–water partition coefficient (Wildman–Crippen LogP) is 4.78. The summed E-state index contributed by atoms with van der Waals surface area (Å²) < 4.78 is 1.36. The van der Waals surface area contributed by atoms with Crippen molar-refractivity contribution in [2.75, 3.05) is 0 Å². The average molecular weight is 292 g/mol. The monoisotopic (exact) mass is 291 g/mol. The molecule has 1 nitrogen and oxygen atoms in total. The molecule has 0 radical (unpaired) electrons. The minimum absolute atomic E-state index is 0.173. The fraction of sp³-hybridized carbons (Fsp3) is 0.273. The number of rotatable bonds is 2. The lowest BCUT2D eigenvalue weighted by Gasteiger charge is -2.07. The van der Waals surface area contributed by atoms with E-state index in [1.165, 1.54) is 21.8 Å². The molecular weight excluding hydrogens is 281 g/mol. The molecule has 2 aromatic heterocycles. The number of thiophene rings is 2. The quantitative estimate of drug-likeness (QED) is 0.846. The molecule has 2 N–H and O–H groups in total. The molecule has 86 valence electrons. The van der Waals surface area contributed by atoms with E-state index in [0.717, 1.165) is 10.4 Å². The molecule has 1 atom stereocenters. The molecule has 0 saturated heterocycles. The molecule has 2 aromatic rings. The largest absolute Gasteiger partial charge is 0.320 e. The molecule has 0 aliphatic rings. The minimum atomic E-state index is -0.173. The van der Waals surface area contributed by atoms with E-state index in [2.05, 4.69) is 19.9 Å². The van der Waals surface area contributed by atoms with E-state index in [9.17, 15) is 0 Å². The molecule has 0 saturated carbocycles. The van der Waals surface area contributed by atoms with Gasteiger partial charge in [0.1, 0.15) is 0 Å². The first kappa shape index (κ1) is 12.4. The number of aryl methyl sites for hydroxylation is 2. The van der Waals surface area contributed by atoms with Crippen LogP contribution in [-0.2, 0) is 0 Å². The first-order valence-corrected chi connectivity index (χ1v) is 7.15. The van der Waals surface area contributed by atoms with Gasteiger partial charge in [-0.15, -0.1) is 22.7 Å². The Labute approximate surface area is 113 Å². The zero-order valence-corrected chi connectivity index (χ0v) is 12.0. The fourth-order valence-corrected chi connectivity index (χ4v) is 4.09. The third-order valence-electron chi connectivity index (χ3n) is 2.51. The molecule has 0 fully saturated rings. The second-order valence-corrected chi connectivity index (χ2v) is 7.22. The predicted molar refractivity (Wildman–Crippen MR) is 74.2 cm³/mol. The lowest BCUT2D eigenvalue weighted by atomic mass is 10.1. The van der Waals surface area contributed by atoms with Crippen molar-refractivity contribution in [1.82, 2.24) is 0 Å². The van der Waals surface area contributed by atoms with Gasteiger partial charge < -0.3 is 5.73 Å². The Morgan fingerprint density at radius 2 is 1.88 bits per heavy atom. The molecule has 0 aliphatic carbocycles. The molecular formula is C11H11Cl2NS2. The molecule has 1 unspecified atom stereocenters. The summed E-state index contributed by atoms with van der Waals surface area (Å²) in [5.74, 6) is 0. The van der Waals surface area contributed by atoms with Crippen molar-refractivity contribution in [3.8, 4) is 0 Å². The maximum Gasteiger partial charge on any atom is 0.0995 e. The zero-order chi connectivity index (χ0) is 11.9. The molecule has 0 aliphatic heterocycles. The van der Waals surface area contributed by atoms with Crippen LogP contribution in [-0.4, -0.2) is 0 Å². The normalized spacial score (nSPS) is 13.1. The Kier molecular flexibility index (Phi) is 3.62. The van der Waals surface area contributed by atoms with Gasteiger partial charge in [-0.3, -0.25) is 0 Å². The second-order valence-electron chi connectivity index (χ2n) is 3.65. The molecule has 0 aromatic carbocycles. The first-order valence-electron chi connectivity index (χ1n) is 4.76. The lowest BCUT2D eigenvalue weighted by molar-refractivity contribution is 0.899. The summed E-state index contributed by atoms with van der Waals surface area (Å²) in [7, 11) is 0. The third-order valence-corrected chi connectivity index (χ3v) is 5.26. The molecule has 0 spiro atoms. The highest BCUT2D eigenvalue weighted by atomic mass is 35.5. The van der Waals surface area contributed by atoms with E-state index in [1.54, 1.807) is 11.3 Å². The van der Waals surface area contributed by atoms with Gasteiger partial charge in [-0.05, 0) is 31.5 Å². The van der Waals surface area contributed by atoms with Crippen LogP contribution in [0.3, 0.4) is 0 Å². The maximum absolute atomic E-state index is 6.19. The summed E-state index contributed by atoms with van der Waals surface area (Å²) in [5.41, 5.74) is 8.37. The van der Waals surface area contributed by atoms with Gasteiger partial charge >= 0.3 is 0 Å². The third kappa shape index (κ3) is 2.29. The minimum Gasteiger partial charge on any atom is -0.320 e. The van der Waals surface area contributed by atoms with Gasteiger partial charge in [0.05, 0.1) is 14.7 Å². The van der Waals surface area contributed by atoms with Gasteiger partial charge in [0.25, 0.3) is 0 Å². The number of hydrogen-bond donors (Lipinski definition) is 1. The highest BCUT2D eigenvalue weighted by Crippen LogP contribution is 2.38. The van der Waals surface area contributed by atoms with Crippen LogP contribution in [0.2, 0.25) is 8.67 Å². The molecule has 0 amide bonds. The van der Waals surface area contributed by atoms with Crippen LogP contribution >= 0.6 is 45.9 Å². The van der Waals surface area contributed by atoms with Crippen LogP contribution in [0.15, 0.2) is 12.1 Å². The van der Waals surface area contributed by atoms with Crippen molar-refractivity contribution in [2.45, 2.75) is 19.9 Å². The maximum atomic E-state index is 6.19. The molecule has 0 bridgehead atoms. The van der Waals surface area contributed by atoms with Crippen molar-refractivity contribution >= 4 is 45.9 Å². The number of nitrogens with two attached hydrogens (primary N) is 1. The van der Waals surface area contributed by atoms with Gasteiger partial charge in [0.2, 0.25) is 0 Å². The van der Waals surface area contributed by atoms with Crippen molar-refractivity contribution in [1.29, 1.82) is 0 Å². The van der Waals surface area contributed by atoms with Crippen molar-refractivity contribution in [3.63, 3.8) is 0 Å². The highest BCUT2D eigenvalue weighted by molar-refractivity contribution is 7.20. The van der Waals surface area contributed by atoms with Crippen LogP contribution in [0.25, 0.3) is 0 Å². The standard InChI is InChI=1S/C11H11Cl2NS2/c1-5-3-8(15-6(5)2)10(14)7-4-9(12)16-11(7)13/h3-4,10H,14H2,1-2H3. The van der Waals surface area contributed by atoms with E-state index in [-0.39, 0.29) is 6.04 Å². The molecule has 16 heavy (non-hydrogen) atoms. The lowest BCUT2D eigenvalue weighted by Crippen LogP contribution is -2.09. The Bertz CT molecular complexity index is 497. The highest BCUT2D eigenvalue weighted by Gasteiger charge is 2.17. The zero-order valence-electron chi connectivity index (χ0n) is 8.88. The SMILES string of the molecule is Cc1cc(C(N)c2cc(Cl)sc2Cl)sc1C. The van der Waals surface area contributed by atoms with E-state index in [1.807, 2.05) is 6.07 Å². The summed E-state index contributed by atoms with van der Waals surface area (Å²) in [6.07, 6.45) is 0. The summed E-state index contributed by atoms with van der Waals surface area (Å²) in [6, 6.07) is 3.80. The van der Waals surface area contributed by atoms with Gasteiger partial charge in [-0.2, -0.15) is 0 Å². The summed E-state index contributed by atoms with van der Waals surface area (Å²) in [6.45, 7) is 4.18. The van der Waals surface area contributed by atoms with E-state index < -0.39 is 0 Å².